The van der Waals surface area contributed by atoms with Crippen LogP contribution >= 0.6 is 0 Å². The Labute approximate surface area is 87.0 Å². The van der Waals surface area contributed by atoms with E-state index in [-0.39, 0.29) is 25.6 Å². The van der Waals surface area contributed by atoms with Crippen LogP contribution in [0.25, 0.3) is 0 Å². The number of nitrogens with one attached hydrogen (secondary N) is 1. The lowest BCUT2D eigenvalue weighted by Gasteiger charge is -2.13. The van der Waals surface area contributed by atoms with E-state index >= 15 is 0 Å². The summed E-state index contributed by atoms with van der Waals surface area (Å²) in [5, 5.41) is 2.61. The molecule has 0 saturated carbocycles. The Hall–Kier alpha value is -0.780. The molecule has 0 heterocycles. The second-order valence-electron chi connectivity index (χ2n) is 3.23. The van der Waals surface area contributed by atoms with Crippen LogP contribution in [0.3, 0.4) is 0 Å². The molecule has 0 saturated heterocycles. The van der Waals surface area contributed by atoms with Gasteiger partial charge in [-0.05, 0) is 13.8 Å². The molecule has 90 valence electrons. The second kappa shape index (κ2) is 6.66. The monoisotopic (exact) mass is 227 g/mol. The third kappa shape index (κ3) is 9.52. The molecule has 0 aliphatic rings. The molecule has 1 unspecified atom stereocenters. The number of carbonyl (C=O) groups excluding carboxylic acids is 1. The summed E-state index contributed by atoms with van der Waals surface area (Å²) in [5.74, 6) is -0.399. The standard InChI is InChI=1S/C9H16F3NO2/c1-3-15-8(14)6-7(2)13-5-4-9(10,11)12/h7,13H,3-6H2,1-2H3. The molecule has 1 N–H and O–H groups in total. The molecule has 3 nitrogen and oxygen atoms in total. The number of alkyl halides is 3. The Balaban J connectivity index is 3.57. The highest BCUT2D eigenvalue weighted by molar-refractivity contribution is 5.69. The first-order chi connectivity index (χ1) is 6.85. The van der Waals surface area contributed by atoms with Crippen LogP contribution in [0.4, 0.5) is 13.2 Å². The summed E-state index contributed by atoms with van der Waals surface area (Å²) in [4.78, 5) is 10.9. The average molecular weight is 227 g/mol. The van der Waals surface area contributed by atoms with E-state index < -0.39 is 18.6 Å². The van der Waals surface area contributed by atoms with Gasteiger partial charge >= 0.3 is 12.1 Å². The van der Waals surface area contributed by atoms with Crippen molar-refractivity contribution in [2.75, 3.05) is 13.2 Å². The van der Waals surface area contributed by atoms with Crippen molar-refractivity contribution in [1.29, 1.82) is 0 Å². The minimum absolute atomic E-state index is 0.0890. The van der Waals surface area contributed by atoms with Crippen LogP contribution in [0.2, 0.25) is 0 Å². The Morgan fingerprint density at radius 2 is 2.07 bits per heavy atom. The SMILES string of the molecule is CCOC(=O)CC(C)NCCC(F)(F)F. The predicted molar refractivity (Wildman–Crippen MR) is 49.4 cm³/mol. The fraction of sp³-hybridized carbons (Fsp3) is 0.889. The van der Waals surface area contributed by atoms with Crippen LogP contribution in [0.5, 0.6) is 0 Å². The third-order valence-corrected chi connectivity index (χ3v) is 1.68. The fourth-order valence-electron chi connectivity index (χ4n) is 1.00. The maximum Gasteiger partial charge on any atom is 0.390 e. The summed E-state index contributed by atoms with van der Waals surface area (Å²) in [6, 6.07) is -0.300. The van der Waals surface area contributed by atoms with Crippen molar-refractivity contribution in [3.63, 3.8) is 0 Å². The van der Waals surface area contributed by atoms with Gasteiger partial charge in [-0.25, -0.2) is 0 Å². The molecule has 0 aliphatic heterocycles. The fourth-order valence-corrected chi connectivity index (χ4v) is 1.00. The molecule has 1 atom stereocenters. The highest BCUT2D eigenvalue weighted by atomic mass is 19.4. The van der Waals surface area contributed by atoms with E-state index in [9.17, 15) is 18.0 Å². The maximum atomic E-state index is 11.8. The van der Waals surface area contributed by atoms with Crippen LogP contribution in [-0.2, 0) is 9.53 Å². The molecule has 6 heteroatoms. The first-order valence-electron chi connectivity index (χ1n) is 4.81. The molecule has 0 bridgehead atoms. The van der Waals surface area contributed by atoms with Gasteiger partial charge in [-0.2, -0.15) is 13.2 Å². The zero-order valence-electron chi connectivity index (χ0n) is 8.86. The van der Waals surface area contributed by atoms with Crippen molar-refractivity contribution in [3.05, 3.63) is 0 Å². The van der Waals surface area contributed by atoms with Gasteiger partial charge < -0.3 is 10.1 Å². The van der Waals surface area contributed by atoms with Crippen LogP contribution in [0, 0.1) is 0 Å². The summed E-state index contributed by atoms with van der Waals surface area (Å²) >= 11 is 0. The smallest absolute Gasteiger partial charge is 0.390 e. The molecule has 0 spiro atoms. The molecule has 0 aliphatic carbocycles. The van der Waals surface area contributed by atoms with Crippen molar-refractivity contribution in [3.8, 4) is 0 Å². The Bertz CT molecular complexity index is 194. The second-order valence-corrected chi connectivity index (χ2v) is 3.23. The van der Waals surface area contributed by atoms with E-state index in [0.29, 0.717) is 0 Å². The number of rotatable bonds is 6. The third-order valence-electron chi connectivity index (χ3n) is 1.68. The number of hydrogen-bond donors (Lipinski definition) is 1. The number of esters is 1. The Morgan fingerprint density at radius 1 is 1.47 bits per heavy atom. The van der Waals surface area contributed by atoms with Crippen molar-refractivity contribution in [2.45, 2.75) is 38.9 Å². The van der Waals surface area contributed by atoms with Gasteiger partial charge in [-0.3, -0.25) is 4.79 Å². The lowest BCUT2D eigenvalue weighted by Crippen LogP contribution is -2.32. The molecule has 0 aromatic heterocycles. The lowest BCUT2D eigenvalue weighted by molar-refractivity contribution is -0.143. The number of carbonyl (C=O) groups is 1. The summed E-state index contributed by atoms with van der Waals surface area (Å²) in [7, 11) is 0. The van der Waals surface area contributed by atoms with Gasteiger partial charge in [0.05, 0.1) is 19.4 Å². The number of halogens is 3. The quantitative estimate of drug-likeness (QED) is 0.704. The molecule has 0 fully saturated rings. The Morgan fingerprint density at radius 3 is 2.53 bits per heavy atom. The van der Waals surface area contributed by atoms with Gasteiger partial charge in [-0.15, -0.1) is 0 Å². The van der Waals surface area contributed by atoms with Crippen molar-refractivity contribution in [1.82, 2.24) is 5.32 Å². The maximum absolute atomic E-state index is 11.8. The highest BCUT2D eigenvalue weighted by Gasteiger charge is 2.26. The molecular formula is C9H16F3NO2. The van der Waals surface area contributed by atoms with Gasteiger partial charge in [-0.1, -0.05) is 0 Å². The zero-order chi connectivity index (χ0) is 11.9. The van der Waals surface area contributed by atoms with Crippen LogP contribution < -0.4 is 5.32 Å². The minimum atomic E-state index is -4.16. The highest BCUT2D eigenvalue weighted by Crippen LogP contribution is 2.18. The normalized spacial score (nSPS) is 13.7. The van der Waals surface area contributed by atoms with Crippen molar-refractivity contribution in [2.24, 2.45) is 0 Å². The van der Waals surface area contributed by atoms with Crippen molar-refractivity contribution >= 4 is 5.97 Å². The number of hydrogen-bond acceptors (Lipinski definition) is 3. The minimum Gasteiger partial charge on any atom is -0.466 e. The van der Waals surface area contributed by atoms with E-state index in [1.807, 2.05) is 0 Å². The van der Waals surface area contributed by atoms with E-state index in [1.54, 1.807) is 13.8 Å². The Kier molecular flexibility index (Phi) is 6.31. The molecular weight excluding hydrogens is 211 g/mol. The molecule has 0 amide bonds. The first kappa shape index (κ1) is 14.2. The van der Waals surface area contributed by atoms with E-state index in [1.165, 1.54) is 0 Å². The van der Waals surface area contributed by atoms with Crippen LogP contribution in [0.15, 0.2) is 0 Å². The van der Waals surface area contributed by atoms with Crippen molar-refractivity contribution < 1.29 is 22.7 Å². The van der Waals surface area contributed by atoms with E-state index in [0.717, 1.165) is 0 Å². The molecule has 0 radical (unpaired) electrons. The topological polar surface area (TPSA) is 38.3 Å². The van der Waals surface area contributed by atoms with Gasteiger partial charge in [0.25, 0.3) is 0 Å². The van der Waals surface area contributed by atoms with E-state index in [2.05, 4.69) is 10.1 Å². The summed E-state index contributed by atoms with van der Waals surface area (Å²) in [5.41, 5.74) is 0. The van der Waals surface area contributed by atoms with Gasteiger partial charge in [0, 0.05) is 12.6 Å². The van der Waals surface area contributed by atoms with Gasteiger partial charge in [0.2, 0.25) is 0 Å². The number of ether oxygens (including phenoxy) is 1. The predicted octanol–water partition coefficient (Wildman–Crippen LogP) is 1.87. The van der Waals surface area contributed by atoms with Crippen LogP contribution in [-0.4, -0.2) is 31.3 Å². The van der Waals surface area contributed by atoms with E-state index in [4.69, 9.17) is 0 Å². The average Bonchev–Trinajstić information content (AvgIpc) is 2.01. The van der Waals surface area contributed by atoms with Gasteiger partial charge in [0.15, 0.2) is 0 Å². The summed E-state index contributed by atoms with van der Waals surface area (Å²) in [6.45, 7) is 3.44. The largest absolute Gasteiger partial charge is 0.466 e. The lowest BCUT2D eigenvalue weighted by atomic mass is 10.2. The first-order valence-corrected chi connectivity index (χ1v) is 4.81. The molecule has 0 aromatic carbocycles. The molecule has 0 aromatic rings. The summed E-state index contributed by atoms with van der Waals surface area (Å²) < 4.78 is 39.9. The van der Waals surface area contributed by atoms with Gasteiger partial charge in [0.1, 0.15) is 0 Å². The van der Waals surface area contributed by atoms with Crippen LogP contribution in [0.1, 0.15) is 26.7 Å². The molecule has 0 rings (SSSR count). The molecule has 15 heavy (non-hydrogen) atoms. The summed E-state index contributed by atoms with van der Waals surface area (Å²) in [6.07, 6.45) is -4.96. The zero-order valence-corrected chi connectivity index (χ0v) is 8.86.